The van der Waals surface area contributed by atoms with Crippen LogP contribution in [0.15, 0.2) is 59.8 Å². The summed E-state index contributed by atoms with van der Waals surface area (Å²) in [6.07, 6.45) is 0. The summed E-state index contributed by atoms with van der Waals surface area (Å²) in [5.41, 5.74) is 3.39. The maximum atomic E-state index is 12.4. The normalized spacial score (nSPS) is 11.0. The minimum atomic E-state index is -0.0124. The van der Waals surface area contributed by atoms with Gasteiger partial charge in [0, 0.05) is 25.2 Å². The van der Waals surface area contributed by atoms with Gasteiger partial charge in [0.1, 0.15) is 0 Å². The third kappa shape index (κ3) is 5.68. The molecular formula is C22H27N5OS. The highest BCUT2D eigenvalue weighted by molar-refractivity contribution is 7.99. The van der Waals surface area contributed by atoms with Crippen molar-refractivity contribution in [3.05, 3.63) is 65.7 Å². The molecule has 0 aliphatic heterocycles. The van der Waals surface area contributed by atoms with E-state index >= 15 is 0 Å². The molecule has 0 spiro atoms. The van der Waals surface area contributed by atoms with Crippen molar-refractivity contribution < 1.29 is 4.79 Å². The predicted molar refractivity (Wildman–Crippen MR) is 118 cm³/mol. The van der Waals surface area contributed by atoms with Gasteiger partial charge in [0.2, 0.25) is 5.91 Å². The minimum Gasteiger partial charge on any atom is -0.351 e. The highest BCUT2D eigenvalue weighted by Crippen LogP contribution is 2.23. The van der Waals surface area contributed by atoms with Crippen molar-refractivity contribution >= 4 is 17.7 Å². The summed E-state index contributed by atoms with van der Waals surface area (Å²) in [6.45, 7) is 4.18. The molecule has 0 radical (unpaired) electrons. The van der Waals surface area contributed by atoms with Crippen molar-refractivity contribution in [3.63, 3.8) is 0 Å². The molecule has 0 aliphatic rings. The van der Waals surface area contributed by atoms with Crippen molar-refractivity contribution in [1.82, 2.24) is 25.0 Å². The fraction of sp³-hybridized carbons (Fsp3) is 0.318. The van der Waals surface area contributed by atoms with E-state index in [2.05, 4.69) is 39.5 Å². The van der Waals surface area contributed by atoms with E-state index in [0.29, 0.717) is 12.3 Å². The van der Waals surface area contributed by atoms with Crippen LogP contribution in [0.3, 0.4) is 0 Å². The lowest BCUT2D eigenvalue weighted by Gasteiger charge is -2.14. The fourth-order valence-corrected chi connectivity index (χ4v) is 3.91. The van der Waals surface area contributed by atoms with Crippen molar-refractivity contribution in [2.24, 2.45) is 0 Å². The molecule has 29 heavy (non-hydrogen) atoms. The zero-order valence-electron chi connectivity index (χ0n) is 17.1. The number of nitrogens with one attached hydrogen (secondary N) is 1. The van der Waals surface area contributed by atoms with Gasteiger partial charge in [0.25, 0.3) is 0 Å². The molecule has 3 rings (SSSR count). The van der Waals surface area contributed by atoms with E-state index < -0.39 is 0 Å². The lowest BCUT2D eigenvalue weighted by atomic mass is 10.1. The second kappa shape index (κ2) is 10.2. The monoisotopic (exact) mass is 409 g/mol. The van der Waals surface area contributed by atoms with E-state index in [1.165, 1.54) is 17.3 Å². The van der Waals surface area contributed by atoms with E-state index in [-0.39, 0.29) is 5.91 Å². The van der Waals surface area contributed by atoms with E-state index in [0.717, 1.165) is 35.2 Å². The first-order valence-corrected chi connectivity index (χ1v) is 10.7. The quantitative estimate of drug-likeness (QED) is 0.549. The molecule has 0 atom stereocenters. The maximum Gasteiger partial charge on any atom is 0.230 e. The molecule has 0 unspecified atom stereocenters. The van der Waals surface area contributed by atoms with Gasteiger partial charge in [-0.3, -0.25) is 4.79 Å². The second-order valence-corrected chi connectivity index (χ2v) is 7.93. The Morgan fingerprint density at radius 2 is 1.72 bits per heavy atom. The molecular weight excluding hydrogens is 382 g/mol. The molecule has 0 saturated carbocycles. The third-order valence-electron chi connectivity index (χ3n) is 4.48. The van der Waals surface area contributed by atoms with E-state index in [4.69, 9.17) is 0 Å². The molecule has 1 heterocycles. The number of rotatable bonds is 9. The Hall–Kier alpha value is -2.64. The average Bonchev–Trinajstić information content (AvgIpc) is 3.14. The van der Waals surface area contributed by atoms with Gasteiger partial charge in [-0.2, -0.15) is 0 Å². The zero-order valence-corrected chi connectivity index (χ0v) is 17.9. The molecule has 152 valence electrons. The summed E-state index contributed by atoms with van der Waals surface area (Å²) in [7, 11) is 4.08. The number of amides is 1. The molecule has 6 nitrogen and oxygen atoms in total. The molecule has 1 N–H and O–H groups in total. The summed E-state index contributed by atoms with van der Waals surface area (Å²) in [6, 6.07) is 18.2. The van der Waals surface area contributed by atoms with Crippen LogP contribution in [0.1, 0.15) is 18.1 Å². The van der Waals surface area contributed by atoms with Gasteiger partial charge in [0.05, 0.1) is 5.75 Å². The first-order valence-electron chi connectivity index (χ1n) is 9.68. The first kappa shape index (κ1) is 21.1. The van der Waals surface area contributed by atoms with Crippen molar-refractivity contribution in [3.8, 4) is 11.4 Å². The van der Waals surface area contributed by atoms with Gasteiger partial charge >= 0.3 is 0 Å². The van der Waals surface area contributed by atoms with Gasteiger partial charge in [-0.25, -0.2) is 0 Å². The topological polar surface area (TPSA) is 63.1 Å². The highest BCUT2D eigenvalue weighted by atomic mass is 32.2. The number of thioether (sulfide) groups is 1. The van der Waals surface area contributed by atoms with Crippen LogP contribution in [0.4, 0.5) is 0 Å². The predicted octanol–water partition coefficient (Wildman–Crippen LogP) is 3.44. The van der Waals surface area contributed by atoms with Gasteiger partial charge in [-0.15, -0.1) is 10.2 Å². The Bertz CT molecular complexity index is 939. The smallest absolute Gasteiger partial charge is 0.230 e. The maximum absolute atomic E-state index is 12.4. The SMILES string of the molecule is CCn1c(SCC(=O)NCc2ccccc2CN(C)C)nnc1-c1ccccc1. The summed E-state index contributed by atoms with van der Waals surface area (Å²) >= 11 is 1.41. The molecule has 3 aromatic rings. The molecule has 0 saturated heterocycles. The summed E-state index contributed by atoms with van der Waals surface area (Å²) < 4.78 is 2.04. The van der Waals surface area contributed by atoms with Crippen LogP contribution in [0.5, 0.6) is 0 Å². The minimum absolute atomic E-state index is 0.0124. The van der Waals surface area contributed by atoms with Gasteiger partial charge in [-0.05, 0) is 32.1 Å². The number of carbonyl (C=O) groups is 1. The number of nitrogens with zero attached hydrogens (tertiary/aromatic N) is 4. The molecule has 7 heteroatoms. The molecule has 0 aliphatic carbocycles. The van der Waals surface area contributed by atoms with E-state index in [1.807, 2.05) is 61.1 Å². The van der Waals surface area contributed by atoms with Crippen LogP contribution in [0.25, 0.3) is 11.4 Å². The van der Waals surface area contributed by atoms with Gasteiger partial charge in [0.15, 0.2) is 11.0 Å². The largest absolute Gasteiger partial charge is 0.351 e. The fourth-order valence-electron chi connectivity index (χ4n) is 3.08. The van der Waals surface area contributed by atoms with Crippen molar-refractivity contribution in [2.75, 3.05) is 19.8 Å². The van der Waals surface area contributed by atoms with Crippen LogP contribution < -0.4 is 5.32 Å². The van der Waals surface area contributed by atoms with E-state index in [9.17, 15) is 4.79 Å². The average molecular weight is 410 g/mol. The van der Waals surface area contributed by atoms with Crippen LogP contribution in [-0.2, 0) is 24.4 Å². The summed E-state index contributed by atoms with van der Waals surface area (Å²) in [4.78, 5) is 14.5. The lowest BCUT2D eigenvalue weighted by Crippen LogP contribution is -2.25. The Morgan fingerprint density at radius 1 is 1.03 bits per heavy atom. The molecule has 0 fully saturated rings. The number of aromatic nitrogens is 3. The van der Waals surface area contributed by atoms with E-state index in [1.54, 1.807) is 0 Å². The number of benzene rings is 2. The van der Waals surface area contributed by atoms with Gasteiger partial charge in [-0.1, -0.05) is 66.4 Å². The van der Waals surface area contributed by atoms with Crippen molar-refractivity contribution in [1.29, 1.82) is 0 Å². The number of hydrogen-bond acceptors (Lipinski definition) is 5. The van der Waals surface area contributed by atoms with Crippen LogP contribution in [-0.4, -0.2) is 45.4 Å². The molecule has 2 aromatic carbocycles. The second-order valence-electron chi connectivity index (χ2n) is 6.99. The summed E-state index contributed by atoms with van der Waals surface area (Å²) in [5.74, 6) is 1.12. The molecule has 0 bridgehead atoms. The summed E-state index contributed by atoms with van der Waals surface area (Å²) in [5, 5.41) is 12.4. The molecule has 1 amide bonds. The van der Waals surface area contributed by atoms with Gasteiger partial charge < -0.3 is 14.8 Å². The lowest BCUT2D eigenvalue weighted by molar-refractivity contribution is -0.118. The zero-order chi connectivity index (χ0) is 20.6. The Labute approximate surface area is 176 Å². The highest BCUT2D eigenvalue weighted by Gasteiger charge is 2.14. The Kier molecular flexibility index (Phi) is 7.43. The van der Waals surface area contributed by atoms with Crippen molar-refractivity contribution in [2.45, 2.75) is 31.7 Å². The third-order valence-corrected chi connectivity index (χ3v) is 5.45. The Balaban J connectivity index is 1.59. The standard InChI is InChI=1S/C22H27N5OS/c1-4-27-21(17-10-6-5-7-11-17)24-25-22(27)29-16-20(28)23-14-18-12-8-9-13-19(18)15-26(2)3/h5-13H,4,14-16H2,1-3H3,(H,23,28). The number of hydrogen-bond donors (Lipinski definition) is 1. The number of carbonyl (C=O) groups excluding carboxylic acids is 1. The van der Waals surface area contributed by atoms with Crippen LogP contribution in [0, 0.1) is 0 Å². The molecule has 1 aromatic heterocycles. The first-order chi connectivity index (χ1) is 14.1. The van der Waals surface area contributed by atoms with Crippen LogP contribution >= 0.6 is 11.8 Å². The van der Waals surface area contributed by atoms with Crippen LogP contribution in [0.2, 0.25) is 0 Å². The Morgan fingerprint density at radius 3 is 2.41 bits per heavy atom.